The molecule has 0 aromatic carbocycles. The van der Waals surface area contributed by atoms with Crippen LogP contribution >= 0.6 is 0 Å². The zero-order valence-corrected chi connectivity index (χ0v) is 11.4. The molecule has 14 heavy (non-hydrogen) atoms. The maximum absolute atomic E-state index is 3.89. The number of hydrogen-bond acceptors (Lipinski definition) is 0. The van der Waals surface area contributed by atoms with Crippen LogP contribution in [0.4, 0.5) is 0 Å². The normalized spacial score (nSPS) is 10.8. The molecule has 0 atom stereocenters. The fourth-order valence-corrected chi connectivity index (χ4v) is 4.95. The van der Waals surface area contributed by atoms with Gasteiger partial charge < -0.3 is 0 Å². The van der Waals surface area contributed by atoms with E-state index in [0.29, 0.717) is 0 Å². The molecule has 0 rings (SSSR count). The summed E-state index contributed by atoms with van der Waals surface area (Å²) in [6, 6.07) is 4.49. The molecule has 0 amide bonds. The first kappa shape index (κ1) is 14.0. The molecule has 0 aromatic rings. The third-order valence-electron chi connectivity index (χ3n) is 2.93. The summed E-state index contributed by atoms with van der Waals surface area (Å²) in [5.41, 5.74) is 0. The molecule has 0 fully saturated rings. The van der Waals surface area contributed by atoms with Crippen molar-refractivity contribution in [2.75, 3.05) is 0 Å². The lowest BCUT2D eigenvalue weighted by molar-refractivity contribution is 0.745. The van der Waals surface area contributed by atoms with E-state index in [1.165, 1.54) is 44.6 Å². The van der Waals surface area contributed by atoms with Crippen molar-refractivity contribution in [3.63, 3.8) is 0 Å². The molecule has 0 bridgehead atoms. The van der Waals surface area contributed by atoms with Crippen LogP contribution in [0.25, 0.3) is 0 Å². The van der Waals surface area contributed by atoms with Gasteiger partial charge in [-0.2, -0.15) is 0 Å². The van der Waals surface area contributed by atoms with Crippen molar-refractivity contribution in [2.24, 2.45) is 0 Å². The number of allylic oxidation sites excluding steroid dienone is 1. The fraction of sp³-hybridized carbons (Fsp3) is 0.846. The van der Waals surface area contributed by atoms with Crippen molar-refractivity contribution in [1.82, 2.24) is 0 Å². The first-order valence-electron chi connectivity index (χ1n) is 6.46. The van der Waals surface area contributed by atoms with E-state index < -0.39 is 8.80 Å². The van der Waals surface area contributed by atoms with Gasteiger partial charge in [0.1, 0.15) is 0 Å². The summed E-state index contributed by atoms with van der Waals surface area (Å²) in [6.07, 6.45) is 10.7. The number of hydrogen-bond donors (Lipinski definition) is 0. The Morgan fingerprint density at radius 2 is 1.43 bits per heavy atom. The van der Waals surface area contributed by atoms with Gasteiger partial charge in [-0.3, -0.25) is 0 Å². The van der Waals surface area contributed by atoms with Gasteiger partial charge >= 0.3 is 0 Å². The Kier molecular flexibility index (Phi) is 11.0. The minimum atomic E-state index is -0.415. The molecule has 0 aromatic heterocycles. The van der Waals surface area contributed by atoms with Gasteiger partial charge in [0.05, 0.1) is 0 Å². The minimum Gasteiger partial charge on any atom is -0.103 e. The van der Waals surface area contributed by atoms with E-state index in [2.05, 4.69) is 26.5 Å². The second-order valence-electron chi connectivity index (χ2n) is 4.38. The minimum absolute atomic E-state index is 0.415. The highest BCUT2D eigenvalue weighted by Crippen LogP contribution is 2.15. The number of unbranched alkanes of at least 4 members (excludes halogenated alkanes) is 4. The summed E-state index contributed by atoms with van der Waals surface area (Å²) in [7, 11) is -0.415. The lowest BCUT2D eigenvalue weighted by Gasteiger charge is -2.12. The van der Waals surface area contributed by atoms with E-state index in [0.717, 1.165) is 0 Å². The van der Waals surface area contributed by atoms with Crippen LogP contribution < -0.4 is 0 Å². The van der Waals surface area contributed by atoms with Gasteiger partial charge in [0.2, 0.25) is 0 Å². The van der Waals surface area contributed by atoms with Crippen LogP contribution in [0.2, 0.25) is 18.1 Å². The lowest BCUT2D eigenvalue weighted by Crippen LogP contribution is -2.10. The van der Waals surface area contributed by atoms with Crippen LogP contribution in [-0.4, -0.2) is 8.80 Å². The summed E-state index contributed by atoms with van der Waals surface area (Å²) in [4.78, 5) is 0. The van der Waals surface area contributed by atoms with E-state index in [9.17, 15) is 0 Å². The Labute approximate surface area is 92.4 Å². The van der Waals surface area contributed by atoms with E-state index >= 15 is 0 Å². The first-order chi connectivity index (χ1) is 6.85. The third kappa shape index (κ3) is 8.55. The maximum atomic E-state index is 3.89. The molecule has 0 aliphatic heterocycles. The number of rotatable bonds is 10. The van der Waals surface area contributed by atoms with Crippen LogP contribution in [0.5, 0.6) is 0 Å². The molecule has 0 heterocycles. The van der Waals surface area contributed by atoms with Crippen molar-refractivity contribution in [3.05, 3.63) is 12.7 Å². The molecule has 0 N–H and O–H groups in total. The van der Waals surface area contributed by atoms with Crippen molar-refractivity contribution < 1.29 is 0 Å². The summed E-state index contributed by atoms with van der Waals surface area (Å²) in [5, 5.41) is 0. The van der Waals surface area contributed by atoms with Gasteiger partial charge in [-0.25, -0.2) is 0 Å². The summed E-state index contributed by atoms with van der Waals surface area (Å²) < 4.78 is 0. The maximum Gasteiger partial charge on any atom is 0.0405 e. The highest BCUT2D eigenvalue weighted by molar-refractivity contribution is 6.59. The molecule has 0 radical (unpaired) electrons. The average molecular weight is 212 g/mol. The first-order valence-corrected chi connectivity index (χ1v) is 8.90. The predicted molar refractivity (Wildman–Crippen MR) is 70.8 cm³/mol. The largest absolute Gasteiger partial charge is 0.103 e. The Morgan fingerprint density at radius 3 is 1.79 bits per heavy atom. The average Bonchev–Trinajstić information content (AvgIpc) is 2.18. The van der Waals surface area contributed by atoms with Crippen molar-refractivity contribution >= 4 is 8.80 Å². The molecule has 1 heteroatoms. The fourth-order valence-electron chi connectivity index (χ4n) is 1.98. The van der Waals surface area contributed by atoms with Crippen LogP contribution in [0.15, 0.2) is 12.7 Å². The van der Waals surface area contributed by atoms with Gasteiger partial charge in [-0.1, -0.05) is 70.5 Å². The zero-order chi connectivity index (χ0) is 10.6. The van der Waals surface area contributed by atoms with Gasteiger partial charge in [-0.05, 0) is 6.04 Å². The van der Waals surface area contributed by atoms with Crippen LogP contribution in [0, 0.1) is 0 Å². The molecule has 0 aliphatic rings. The molecule has 0 nitrogen and oxygen atoms in total. The Morgan fingerprint density at radius 1 is 0.929 bits per heavy atom. The Balaban J connectivity index is 3.49. The summed E-state index contributed by atoms with van der Waals surface area (Å²) in [5.74, 6) is 0. The summed E-state index contributed by atoms with van der Waals surface area (Å²) in [6.45, 7) is 8.48. The molecule has 0 saturated carbocycles. The second-order valence-corrected chi connectivity index (χ2v) is 7.74. The van der Waals surface area contributed by atoms with Gasteiger partial charge in [-0.15, -0.1) is 6.58 Å². The topological polar surface area (TPSA) is 0 Å². The molecule has 84 valence electrons. The lowest BCUT2D eigenvalue weighted by atomic mass is 10.3. The highest BCUT2D eigenvalue weighted by atomic mass is 28.3. The molecular weight excluding hydrogens is 184 g/mol. The standard InChI is InChI=1S/C13H28Si/c1-4-7-9-12-14(11-6-3)13-10-8-5-2/h6,14H,3-5,7-13H2,1-2H3. The van der Waals surface area contributed by atoms with Gasteiger partial charge in [0.15, 0.2) is 0 Å². The third-order valence-corrected chi connectivity index (χ3v) is 6.38. The molecule has 0 unspecified atom stereocenters. The van der Waals surface area contributed by atoms with Crippen molar-refractivity contribution in [1.29, 1.82) is 0 Å². The quantitative estimate of drug-likeness (QED) is 0.278. The predicted octanol–water partition coefficient (Wildman–Crippen LogP) is 4.78. The smallest absolute Gasteiger partial charge is 0.0405 e. The van der Waals surface area contributed by atoms with Crippen molar-refractivity contribution in [2.45, 2.75) is 70.5 Å². The molecule has 0 saturated heterocycles. The van der Waals surface area contributed by atoms with Crippen LogP contribution in [0.3, 0.4) is 0 Å². The van der Waals surface area contributed by atoms with E-state index in [-0.39, 0.29) is 0 Å². The van der Waals surface area contributed by atoms with Gasteiger partial charge in [0, 0.05) is 8.80 Å². The van der Waals surface area contributed by atoms with Crippen molar-refractivity contribution in [3.8, 4) is 0 Å². The van der Waals surface area contributed by atoms with Gasteiger partial charge in [0.25, 0.3) is 0 Å². The zero-order valence-electron chi connectivity index (χ0n) is 10.2. The molecule has 0 spiro atoms. The van der Waals surface area contributed by atoms with E-state index in [1.54, 1.807) is 12.1 Å². The molecular formula is C13H28Si. The molecule has 0 aliphatic carbocycles. The van der Waals surface area contributed by atoms with E-state index in [4.69, 9.17) is 0 Å². The SMILES string of the molecule is C=CC[SiH](CCCCC)CCCCC. The Hall–Kier alpha value is -0.0431. The summed E-state index contributed by atoms with van der Waals surface area (Å²) >= 11 is 0. The highest BCUT2D eigenvalue weighted by Gasteiger charge is 2.07. The van der Waals surface area contributed by atoms with E-state index in [1.807, 2.05) is 0 Å². The monoisotopic (exact) mass is 212 g/mol. The Bertz CT molecular complexity index is 110. The van der Waals surface area contributed by atoms with Crippen LogP contribution in [-0.2, 0) is 0 Å². The second kappa shape index (κ2) is 11.0. The van der Waals surface area contributed by atoms with Crippen LogP contribution in [0.1, 0.15) is 52.4 Å².